The molecule has 1 amide bonds. The van der Waals surface area contributed by atoms with E-state index in [0.29, 0.717) is 49.5 Å². The van der Waals surface area contributed by atoms with Gasteiger partial charge in [0, 0.05) is 26.2 Å². The molecule has 6 heteroatoms. The highest BCUT2D eigenvalue weighted by Gasteiger charge is 2.24. The number of rotatable bonds is 4. The van der Waals surface area contributed by atoms with Crippen LogP contribution in [0.3, 0.4) is 0 Å². The minimum atomic E-state index is -0.343. The van der Waals surface area contributed by atoms with Crippen LogP contribution in [0.5, 0.6) is 0 Å². The maximum absolute atomic E-state index is 13.9. The van der Waals surface area contributed by atoms with Crippen LogP contribution in [0.25, 0.3) is 0 Å². The van der Waals surface area contributed by atoms with Gasteiger partial charge in [-0.2, -0.15) is 0 Å². The molecule has 0 atom stereocenters. The minimum Gasteiger partial charge on any atom is -0.366 e. The normalized spacial score (nSPS) is 15.4. The predicted molar refractivity (Wildman–Crippen MR) is 89.9 cm³/mol. The second kappa shape index (κ2) is 6.97. The highest BCUT2D eigenvalue weighted by atomic mass is 19.1. The molecule has 1 aliphatic rings. The number of hydrogen-bond donors (Lipinski definition) is 0. The van der Waals surface area contributed by atoms with E-state index >= 15 is 0 Å². The summed E-state index contributed by atoms with van der Waals surface area (Å²) in [6, 6.07) is 11.4. The van der Waals surface area contributed by atoms with Crippen LogP contribution in [-0.4, -0.2) is 37.6 Å². The van der Waals surface area contributed by atoms with E-state index in [4.69, 9.17) is 0 Å². The van der Waals surface area contributed by atoms with Gasteiger partial charge in [-0.15, -0.1) is 0 Å². The molecular formula is C18H19F2N3O. The van der Waals surface area contributed by atoms with Crippen LogP contribution in [0.15, 0.2) is 42.5 Å². The largest absolute Gasteiger partial charge is 0.366 e. The van der Waals surface area contributed by atoms with Crippen molar-refractivity contribution in [1.82, 2.24) is 5.01 Å². The zero-order valence-electron chi connectivity index (χ0n) is 13.5. The number of amides is 1. The molecule has 0 radical (unpaired) electrons. The highest BCUT2D eigenvalue weighted by Crippen LogP contribution is 2.23. The van der Waals surface area contributed by atoms with E-state index < -0.39 is 0 Å². The first kappa shape index (κ1) is 16.4. The summed E-state index contributed by atoms with van der Waals surface area (Å²) in [5.41, 5.74) is 1.59. The van der Waals surface area contributed by atoms with E-state index in [1.54, 1.807) is 37.3 Å². The number of hydrazine groups is 1. The summed E-state index contributed by atoms with van der Waals surface area (Å²) in [6.07, 6.45) is 0.683. The van der Waals surface area contributed by atoms with Crippen LogP contribution in [0, 0.1) is 18.6 Å². The molecule has 4 nitrogen and oxygen atoms in total. The topological polar surface area (TPSA) is 26.8 Å². The molecule has 1 aliphatic heterocycles. The molecule has 24 heavy (non-hydrogen) atoms. The SMILES string of the molecule is Cc1ccc(N(C=O)N2CCN(c3ccccc3F)CC2)cc1F. The molecule has 2 aromatic rings. The summed E-state index contributed by atoms with van der Waals surface area (Å²) in [7, 11) is 0. The number of aryl methyl sites for hydroxylation is 1. The molecule has 126 valence electrons. The Morgan fingerprint density at radius 3 is 2.33 bits per heavy atom. The van der Waals surface area contributed by atoms with Crippen molar-refractivity contribution in [3.63, 3.8) is 0 Å². The highest BCUT2D eigenvalue weighted by molar-refractivity contribution is 5.74. The van der Waals surface area contributed by atoms with E-state index in [-0.39, 0.29) is 11.6 Å². The van der Waals surface area contributed by atoms with E-state index in [1.165, 1.54) is 17.1 Å². The summed E-state index contributed by atoms with van der Waals surface area (Å²) >= 11 is 0. The summed E-state index contributed by atoms with van der Waals surface area (Å²) in [5.74, 6) is -0.594. The smallest absolute Gasteiger partial charge is 0.228 e. The van der Waals surface area contributed by atoms with Crippen molar-refractivity contribution in [2.24, 2.45) is 0 Å². The van der Waals surface area contributed by atoms with Crippen molar-refractivity contribution in [2.45, 2.75) is 6.92 Å². The van der Waals surface area contributed by atoms with Crippen LogP contribution in [0.4, 0.5) is 20.2 Å². The maximum atomic E-state index is 13.9. The predicted octanol–water partition coefficient (Wildman–Crippen LogP) is 2.97. The maximum Gasteiger partial charge on any atom is 0.228 e. The second-order valence-corrected chi connectivity index (χ2v) is 5.78. The molecule has 0 N–H and O–H groups in total. The molecule has 3 rings (SSSR count). The number of para-hydroxylation sites is 1. The van der Waals surface area contributed by atoms with E-state index in [9.17, 15) is 13.6 Å². The fraction of sp³-hybridized carbons (Fsp3) is 0.278. The third kappa shape index (κ3) is 3.23. The van der Waals surface area contributed by atoms with Gasteiger partial charge < -0.3 is 4.90 Å². The number of anilines is 2. The van der Waals surface area contributed by atoms with Gasteiger partial charge in [0.1, 0.15) is 11.6 Å². The van der Waals surface area contributed by atoms with Gasteiger partial charge in [0.2, 0.25) is 6.41 Å². The van der Waals surface area contributed by atoms with Crippen molar-refractivity contribution < 1.29 is 13.6 Å². The zero-order valence-corrected chi connectivity index (χ0v) is 13.5. The molecule has 2 aromatic carbocycles. The Balaban J connectivity index is 1.71. The molecule has 0 spiro atoms. The van der Waals surface area contributed by atoms with Crippen LogP contribution in [-0.2, 0) is 4.79 Å². The van der Waals surface area contributed by atoms with Crippen molar-refractivity contribution in [3.8, 4) is 0 Å². The monoisotopic (exact) mass is 331 g/mol. The molecule has 1 saturated heterocycles. The fourth-order valence-electron chi connectivity index (χ4n) is 2.88. The molecule has 1 fully saturated rings. The molecule has 0 unspecified atom stereocenters. The van der Waals surface area contributed by atoms with Gasteiger partial charge in [0.15, 0.2) is 0 Å². The first-order valence-corrected chi connectivity index (χ1v) is 7.85. The third-order valence-corrected chi connectivity index (χ3v) is 4.27. The van der Waals surface area contributed by atoms with Gasteiger partial charge in [-0.1, -0.05) is 18.2 Å². The molecule has 0 bridgehead atoms. The fourth-order valence-corrected chi connectivity index (χ4v) is 2.88. The summed E-state index contributed by atoms with van der Waals surface area (Å²) in [4.78, 5) is 13.4. The number of benzene rings is 2. The lowest BCUT2D eigenvalue weighted by molar-refractivity contribution is -0.110. The Morgan fingerprint density at radius 2 is 1.71 bits per heavy atom. The van der Waals surface area contributed by atoms with Crippen LogP contribution in [0.1, 0.15) is 5.56 Å². The van der Waals surface area contributed by atoms with Crippen LogP contribution in [0.2, 0.25) is 0 Å². The lowest BCUT2D eigenvalue weighted by Gasteiger charge is -2.40. The average Bonchev–Trinajstić information content (AvgIpc) is 2.60. The average molecular weight is 331 g/mol. The van der Waals surface area contributed by atoms with Crippen molar-refractivity contribution in [1.29, 1.82) is 0 Å². The third-order valence-electron chi connectivity index (χ3n) is 4.27. The number of piperazine rings is 1. The Morgan fingerprint density at radius 1 is 1.00 bits per heavy atom. The number of carbonyl (C=O) groups excluding carboxylic acids is 1. The lowest BCUT2D eigenvalue weighted by atomic mass is 10.2. The van der Waals surface area contributed by atoms with E-state index in [2.05, 4.69) is 0 Å². The van der Waals surface area contributed by atoms with Crippen LogP contribution < -0.4 is 9.91 Å². The number of carbonyl (C=O) groups is 1. The Hall–Kier alpha value is -2.47. The summed E-state index contributed by atoms with van der Waals surface area (Å²) in [5, 5.41) is 3.26. The van der Waals surface area contributed by atoms with E-state index in [1.807, 2.05) is 9.91 Å². The van der Waals surface area contributed by atoms with Gasteiger partial charge in [0.05, 0.1) is 11.4 Å². The van der Waals surface area contributed by atoms with Gasteiger partial charge in [-0.3, -0.25) is 4.79 Å². The minimum absolute atomic E-state index is 0.251. The second-order valence-electron chi connectivity index (χ2n) is 5.78. The Bertz CT molecular complexity index is 730. The quantitative estimate of drug-likeness (QED) is 0.806. The first-order valence-electron chi connectivity index (χ1n) is 7.85. The lowest BCUT2D eigenvalue weighted by Crippen LogP contribution is -2.54. The Kier molecular flexibility index (Phi) is 4.76. The van der Waals surface area contributed by atoms with Crippen LogP contribution >= 0.6 is 0 Å². The standard InChI is InChI=1S/C18H19F2N3O/c1-14-6-7-15(12-17(14)20)23(13-24)22-10-8-21(9-11-22)18-5-3-2-4-16(18)19/h2-7,12-13H,8-11H2,1H3. The van der Waals surface area contributed by atoms with Gasteiger partial charge in [0.25, 0.3) is 0 Å². The first-order chi connectivity index (χ1) is 11.6. The number of nitrogens with zero attached hydrogens (tertiary/aromatic N) is 3. The molecule has 0 saturated carbocycles. The molecule has 0 aromatic heterocycles. The molecular weight excluding hydrogens is 312 g/mol. The van der Waals surface area contributed by atoms with Crippen molar-refractivity contribution >= 4 is 17.8 Å². The van der Waals surface area contributed by atoms with Gasteiger partial charge >= 0.3 is 0 Å². The van der Waals surface area contributed by atoms with Crippen molar-refractivity contribution in [3.05, 3.63) is 59.7 Å². The molecule has 1 heterocycles. The van der Waals surface area contributed by atoms with Gasteiger partial charge in [-0.25, -0.2) is 18.8 Å². The number of hydrogen-bond acceptors (Lipinski definition) is 3. The van der Waals surface area contributed by atoms with Gasteiger partial charge in [-0.05, 0) is 36.8 Å². The summed E-state index contributed by atoms with van der Waals surface area (Å²) < 4.78 is 27.6. The summed E-state index contributed by atoms with van der Waals surface area (Å²) in [6.45, 7) is 3.93. The van der Waals surface area contributed by atoms with E-state index in [0.717, 1.165) is 0 Å². The zero-order chi connectivity index (χ0) is 17.1. The molecule has 0 aliphatic carbocycles. The number of halogens is 2. The van der Waals surface area contributed by atoms with Crippen molar-refractivity contribution in [2.75, 3.05) is 36.1 Å². The Labute approximate surface area is 139 Å².